The normalized spacial score (nSPS) is 18.9. The van der Waals surface area contributed by atoms with E-state index >= 15 is 0 Å². The largest absolute Gasteiger partial charge is 0.497 e. The topological polar surface area (TPSA) is 73.1 Å². The summed E-state index contributed by atoms with van der Waals surface area (Å²) >= 11 is 0. The second-order valence-electron chi connectivity index (χ2n) is 6.81. The Hall–Kier alpha value is -3.22. The van der Waals surface area contributed by atoms with Crippen molar-refractivity contribution in [3.63, 3.8) is 0 Å². The van der Waals surface area contributed by atoms with Crippen LogP contribution in [0.3, 0.4) is 0 Å². The van der Waals surface area contributed by atoms with E-state index in [1.165, 1.54) is 17.5 Å². The van der Waals surface area contributed by atoms with E-state index in [1.54, 1.807) is 11.8 Å². The third kappa shape index (κ3) is 3.05. The third-order valence-corrected chi connectivity index (χ3v) is 5.17. The highest BCUT2D eigenvalue weighted by Crippen LogP contribution is 2.35. The summed E-state index contributed by atoms with van der Waals surface area (Å²) in [6.45, 7) is 4.17. The molecule has 1 amide bonds. The lowest BCUT2D eigenvalue weighted by molar-refractivity contribution is 0.0580. The maximum absolute atomic E-state index is 13.2. The van der Waals surface area contributed by atoms with Gasteiger partial charge in [-0.2, -0.15) is 0 Å². The number of carbonyl (C=O) groups excluding carboxylic acids is 1. The highest BCUT2D eigenvalue weighted by molar-refractivity contribution is 5.95. The van der Waals surface area contributed by atoms with Crippen molar-refractivity contribution in [3.8, 4) is 11.4 Å². The van der Waals surface area contributed by atoms with Crippen LogP contribution in [0, 0.1) is 0 Å². The lowest BCUT2D eigenvalue weighted by Gasteiger charge is -2.40. The predicted molar refractivity (Wildman–Crippen MR) is 99.9 cm³/mol. The van der Waals surface area contributed by atoms with Crippen molar-refractivity contribution in [3.05, 3.63) is 65.5 Å². The van der Waals surface area contributed by atoms with Crippen LogP contribution in [0.5, 0.6) is 5.75 Å². The summed E-state index contributed by atoms with van der Waals surface area (Å²) in [5, 5.41) is 11.1. The minimum atomic E-state index is 0.00125. The summed E-state index contributed by atoms with van der Waals surface area (Å²) in [6, 6.07) is 13.5. The second-order valence-corrected chi connectivity index (χ2v) is 6.81. The number of ether oxygens (including phenoxy) is 1. The molecule has 2 heterocycles. The van der Waals surface area contributed by atoms with Crippen LogP contribution in [0.2, 0.25) is 0 Å². The Morgan fingerprint density at radius 2 is 1.93 bits per heavy atom. The van der Waals surface area contributed by atoms with Gasteiger partial charge in [0.25, 0.3) is 5.91 Å². The molecular weight excluding hydrogens is 342 g/mol. The van der Waals surface area contributed by atoms with E-state index < -0.39 is 0 Å². The highest BCUT2D eigenvalue weighted by atomic mass is 16.5. The van der Waals surface area contributed by atoms with Gasteiger partial charge in [0.2, 0.25) is 0 Å². The average molecular weight is 363 g/mol. The number of carbonyl (C=O) groups is 1. The molecule has 4 rings (SSSR count). The molecule has 0 saturated heterocycles. The van der Waals surface area contributed by atoms with Crippen LogP contribution in [0.1, 0.15) is 41.4 Å². The molecule has 0 bridgehead atoms. The molecule has 138 valence electrons. The number of amides is 1. The van der Waals surface area contributed by atoms with E-state index in [2.05, 4.69) is 41.5 Å². The average Bonchev–Trinajstić information content (AvgIpc) is 3.22. The van der Waals surface area contributed by atoms with E-state index in [4.69, 9.17) is 4.74 Å². The quantitative estimate of drug-likeness (QED) is 0.715. The van der Waals surface area contributed by atoms with Crippen LogP contribution in [-0.4, -0.2) is 44.2 Å². The van der Waals surface area contributed by atoms with Crippen molar-refractivity contribution in [2.45, 2.75) is 32.4 Å². The number of fused-ring (bicyclic) bond motifs is 1. The van der Waals surface area contributed by atoms with Gasteiger partial charge in [-0.05, 0) is 78.2 Å². The van der Waals surface area contributed by atoms with Gasteiger partial charge in [0.1, 0.15) is 12.1 Å². The fraction of sp³-hybridized carbons (Fsp3) is 0.300. The van der Waals surface area contributed by atoms with Crippen LogP contribution in [0.4, 0.5) is 0 Å². The highest BCUT2D eigenvalue weighted by Gasteiger charge is 2.33. The molecule has 2 unspecified atom stereocenters. The summed E-state index contributed by atoms with van der Waals surface area (Å²) in [5.74, 6) is 0.880. The molecule has 3 aromatic rings. The van der Waals surface area contributed by atoms with E-state index in [-0.39, 0.29) is 18.0 Å². The maximum atomic E-state index is 13.2. The van der Waals surface area contributed by atoms with E-state index in [1.807, 2.05) is 35.2 Å². The van der Waals surface area contributed by atoms with Gasteiger partial charge in [0, 0.05) is 11.6 Å². The minimum Gasteiger partial charge on any atom is -0.497 e. The molecule has 0 radical (unpaired) electrons. The number of benzene rings is 2. The first kappa shape index (κ1) is 17.2. The molecule has 1 aliphatic heterocycles. The van der Waals surface area contributed by atoms with Crippen LogP contribution < -0.4 is 4.74 Å². The molecule has 1 aliphatic rings. The second kappa shape index (κ2) is 6.83. The predicted octanol–water partition coefficient (Wildman–Crippen LogP) is 2.82. The number of aromatic nitrogens is 4. The standard InChI is InChI=1S/C20H21N5O2/c1-13-10-16-11-18(27-3)8-9-19(16)14(2)25(13)20(26)15-4-6-17(7-5-15)24-12-21-22-23-24/h4-9,11-14H,10H2,1-3H3. The van der Waals surface area contributed by atoms with Crippen LogP contribution in [0.15, 0.2) is 48.8 Å². The zero-order valence-corrected chi connectivity index (χ0v) is 15.5. The lowest BCUT2D eigenvalue weighted by Crippen LogP contribution is -2.45. The first-order chi connectivity index (χ1) is 13.1. The molecule has 2 atom stereocenters. The summed E-state index contributed by atoms with van der Waals surface area (Å²) in [7, 11) is 1.67. The molecule has 27 heavy (non-hydrogen) atoms. The molecule has 7 heteroatoms. The SMILES string of the molecule is COc1ccc2c(c1)CC(C)N(C(=O)c1ccc(-n3cnnn3)cc1)C2C. The number of methoxy groups -OCH3 is 1. The zero-order chi connectivity index (χ0) is 19.0. The van der Waals surface area contributed by atoms with Gasteiger partial charge in [-0.25, -0.2) is 4.68 Å². The third-order valence-electron chi connectivity index (χ3n) is 5.17. The fourth-order valence-corrected chi connectivity index (χ4v) is 3.80. The van der Waals surface area contributed by atoms with Crippen molar-refractivity contribution in [1.82, 2.24) is 25.1 Å². The number of hydrogen-bond donors (Lipinski definition) is 0. The van der Waals surface area contributed by atoms with Crippen LogP contribution in [0.25, 0.3) is 5.69 Å². The molecule has 0 N–H and O–H groups in total. The Bertz CT molecular complexity index is 953. The summed E-state index contributed by atoms with van der Waals surface area (Å²) in [4.78, 5) is 15.2. The first-order valence-electron chi connectivity index (χ1n) is 8.91. The monoisotopic (exact) mass is 363 g/mol. The van der Waals surface area contributed by atoms with Crippen molar-refractivity contribution in [2.24, 2.45) is 0 Å². The van der Waals surface area contributed by atoms with Gasteiger partial charge in [-0.3, -0.25) is 4.79 Å². The van der Waals surface area contributed by atoms with Crippen molar-refractivity contribution in [1.29, 1.82) is 0 Å². The van der Waals surface area contributed by atoms with Gasteiger partial charge < -0.3 is 9.64 Å². The molecule has 0 aliphatic carbocycles. The Kier molecular flexibility index (Phi) is 4.35. The van der Waals surface area contributed by atoms with Gasteiger partial charge in [0.05, 0.1) is 18.8 Å². The Balaban J connectivity index is 1.61. The molecular formula is C20H21N5O2. The summed E-state index contributed by atoms with van der Waals surface area (Å²) in [6.07, 6.45) is 2.34. The number of nitrogens with zero attached hydrogens (tertiary/aromatic N) is 5. The maximum Gasteiger partial charge on any atom is 0.254 e. The van der Waals surface area contributed by atoms with Crippen LogP contribution in [-0.2, 0) is 6.42 Å². The van der Waals surface area contributed by atoms with Crippen molar-refractivity contribution < 1.29 is 9.53 Å². The van der Waals surface area contributed by atoms with Crippen LogP contribution >= 0.6 is 0 Å². The smallest absolute Gasteiger partial charge is 0.254 e. The zero-order valence-electron chi connectivity index (χ0n) is 15.5. The minimum absolute atomic E-state index is 0.00125. The number of hydrogen-bond acceptors (Lipinski definition) is 5. The molecule has 0 saturated carbocycles. The first-order valence-corrected chi connectivity index (χ1v) is 8.91. The summed E-state index contributed by atoms with van der Waals surface area (Å²) < 4.78 is 6.90. The van der Waals surface area contributed by atoms with Gasteiger partial charge in [-0.1, -0.05) is 6.07 Å². The van der Waals surface area contributed by atoms with Crippen molar-refractivity contribution >= 4 is 5.91 Å². The molecule has 0 fully saturated rings. The van der Waals surface area contributed by atoms with E-state index in [0.29, 0.717) is 5.56 Å². The fourth-order valence-electron chi connectivity index (χ4n) is 3.80. The number of rotatable bonds is 3. The van der Waals surface area contributed by atoms with Gasteiger partial charge in [0.15, 0.2) is 0 Å². The van der Waals surface area contributed by atoms with Gasteiger partial charge in [-0.15, -0.1) is 5.10 Å². The molecule has 2 aromatic carbocycles. The van der Waals surface area contributed by atoms with E-state index in [0.717, 1.165) is 17.9 Å². The Morgan fingerprint density at radius 3 is 2.59 bits per heavy atom. The Morgan fingerprint density at radius 1 is 1.15 bits per heavy atom. The van der Waals surface area contributed by atoms with Gasteiger partial charge >= 0.3 is 0 Å². The number of tetrazole rings is 1. The molecule has 7 nitrogen and oxygen atoms in total. The molecule has 0 spiro atoms. The lowest BCUT2D eigenvalue weighted by atomic mass is 9.88. The van der Waals surface area contributed by atoms with E-state index in [9.17, 15) is 4.79 Å². The Labute approximate surface area is 157 Å². The summed E-state index contributed by atoms with van der Waals surface area (Å²) in [5.41, 5.74) is 3.89. The van der Waals surface area contributed by atoms with Crippen molar-refractivity contribution in [2.75, 3.05) is 7.11 Å². The molecule has 1 aromatic heterocycles.